The van der Waals surface area contributed by atoms with Crippen LogP contribution in [0.25, 0.3) is 10.9 Å². The summed E-state index contributed by atoms with van der Waals surface area (Å²) in [7, 11) is 0. The zero-order chi connectivity index (χ0) is 17.8. The summed E-state index contributed by atoms with van der Waals surface area (Å²) in [6.45, 7) is 6.95. The van der Waals surface area contributed by atoms with Crippen LogP contribution >= 0.6 is 0 Å². The Labute approximate surface area is 150 Å². The Kier molecular flexibility index (Phi) is 5.57. The zero-order valence-corrected chi connectivity index (χ0v) is 15.6. The van der Waals surface area contributed by atoms with Gasteiger partial charge in [-0.1, -0.05) is 31.4 Å². The van der Waals surface area contributed by atoms with Crippen molar-refractivity contribution in [1.29, 1.82) is 0 Å². The van der Waals surface area contributed by atoms with Gasteiger partial charge in [-0.25, -0.2) is 4.98 Å². The van der Waals surface area contributed by atoms with Crippen LogP contribution in [0.3, 0.4) is 0 Å². The fraction of sp³-hybridized carbons (Fsp3) is 0.524. The number of nitrogens with zero attached hydrogens (tertiary/aromatic N) is 1. The van der Waals surface area contributed by atoms with Crippen molar-refractivity contribution in [2.24, 2.45) is 0 Å². The van der Waals surface area contributed by atoms with E-state index in [4.69, 9.17) is 4.98 Å². The van der Waals surface area contributed by atoms with Crippen molar-refractivity contribution in [3.63, 3.8) is 0 Å². The van der Waals surface area contributed by atoms with Crippen molar-refractivity contribution in [3.05, 3.63) is 34.9 Å². The van der Waals surface area contributed by atoms with E-state index >= 15 is 0 Å². The molecule has 0 saturated heterocycles. The third-order valence-corrected chi connectivity index (χ3v) is 5.34. The first kappa shape index (κ1) is 17.7. The molecule has 0 radical (unpaired) electrons. The lowest BCUT2D eigenvalue weighted by molar-refractivity contribution is -0.121. The molecule has 0 aliphatic heterocycles. The number of aryl methyl sites for hydroxylation is 3. The number of benzene rings is 1. The van der Waals surface area contributed by atoms with E-state index in [1.165, 1.54) is 41.3 Å². The van der Waals surface area contributed by atoms with Gasteiger partial charge >= 0.3 is 0 Å². The second-order valence-corrected chi connectivity index (χ2v) is 7.31. The Morgan fingerprint density at radius 1 is 1.12 bits per heavy atom. The molecule has 4 heteroatoms. The number of fused-ring (bicyclic) bond motifs is 1. The Balaban J connectivity index is 1.59. The second kappa shape index (κ2) is 7.85. The van der Waals surface area contributed by atoms with Crippen LogP contribution in [0.15, 0.2) is 18.2 Å². The molecule has 1 aliphatic rings. The third-order valence-electron chi connectivity index (χ3n) is 5.34. The minimum absolute atomic E-state index is 0.143. The van der Waals surface area contributed by atoms with E-state index < -0.39 is 0 Å². The maximum Gasteiger partial charge on any atom is 0.221 e. The molecular formula is C21H29N3O. The Bertz CT molecular complexity index is 763. The quantitative estimate of drug-likeness (QED) is 0.848. The first-order valence-corrected chi connectivity index (χ1v) is 9.45. The standard InChI is InChI=1S/C21H29N3O/c1-14-9-10-18-15(2)13-19(24-21(18)16(14)3)22-12-11-20(25)23-17-7-5-4-6-8-17/h9-10,13,17H,4-8,11-12H2,1-3H3,(H,22,24)(H,23,25). The number of rotatable bonds is 5. The summed E-state index contributed by atoms with van der Waals surface area (Å²) in [5.41, 5.74) is 4.74. The summed E-state index contributed by atoms with van der Waals surface area (Å²) in [5.74, 6) is 0.994. The fourth-order valence-corrected chi connectivity index (χ4v) is 3.64. The molecule has 0 spiro atoms. The summed E-state index contributed by atoms with van der Waals surface area (Å²) in [6.07, 6.45) is 6.53. The van der Waals surface area contributed by atoms with E-state index in [-0.39, 0.29) is 5.91 Å². The lowest BCUT2D eigenvalue weighted by atomic mass is 9.95. The van der Waals surface area contributed by atoms with E-state index in [0.717, 1.165) is 24.2 Å². The van der Waals surface area contributed by atoms with Gasteiger partial charge < -0.3 is 10.6 Å². The lowest BCUT2D eigenvalue weighted by Crippen LogP contribution is -2.36. The molecule has 1 aromatic carbocycles. The largest absolute Gasteiger partial charge is 0.370 e. The summed E-state index contributed by atoms with van der Waals surface area (Å²) in [5, 5.41) is 7.68. The monoisotopic (exact) mass is 339 g/mol. The number of hydrogen-bond acceptors (Lipinski definition) is 3. The summed E-state index contributed by atoms with van der Waals surface area (Å²) in [6, 6.07) is 6.74. The van der Waals surface area contributed by atoms with Gasteiger partial charge in [0.1, 0.15) is 5.82 Å². The highest BCUT2D eigenvalue weighted by Gasteiger charge is 2.15. The second-order valence-electron chi connectivity index (χ2n) is 7.31. The molecule has 2 N–H and O–H groups in total. The molecule has 1 aliphatic carbocycles. The van der Waals surface area contributed by atoms with E-state index in [1.54, 1.807) is 0 Å². The smallest absolute Gasteiger partial charge is 0.221 e. The predicted molar refractivity (Wildman–Crippen MR) is 104 cm³/mol. The molecule has 1 amide bonds. The van der Waals surface area contributed by atoms with Crippen molar-refractivity contribution in [3.8, 4) is 0 Å². The normalized spacial score (nSPS) is 15.3. The number of aromatic nitrogens is 1. The van der Waals surface area contributed by atoms with Crippen molar-refractivity contribution < 1.29 is 4.79 Å². The fourth-order valence-electron chi connectivity index (χ4n) is 3.64. The van der Waals surface area contributed by atoms with Crippen LogP contribution in [0.5, 0.6) is 0 Å². The van der Waals surface area contributed by atoms with Crippen molar-refractivity contribution in [1.82, 2.24) is 10.3 Å². The summed E-state index contributed by atoms with van der Waals surface area (Å²) < 4.78 is 0. The van der Waals surface area contributed by atoms with Gasteiger partial charge in [-0.3, -0.25) is 4.79 Å². The first-order valence-electron chi connectivity index (χ1n) is 9.45. The molecule has 3 rings (SSSR count). The lowest BCUT2D eigenvalue weighted by Gasteiger charge is -2.22. The molecule has 0 atom stereocenters. The van der Waals surface area contributed by atoms with Crippen LogP contribution < -0.4 is 10.6 Å². The van der Waals surface area contributed by atoms with Crippen LogP contribution in [0.4, 0.5) is 5.82 Å². The van der Waals surface area contributed by atoms with E-state index in [1.807, 2.05) is 0 Å². The molecule has 134 valence electrons. The van der Waals surface area contributed by atoms with Gasteiger partial charge in [0.05, 0.1) is 5.52 Å². The minimum atomic E-state index is 0.143. The van der Waals surface area contributed by atoms with Crippen LogP contribution in [-0.2, 0) is 4.79 Å². The van der Waals surface area contributed by atoms with Gasteiger partial charge in [-0.2, -0.15) is 0 Å². The molecule has 1 heterocycles. The van der Waals surface area contributed by atoms with Crippen LogP contribution in [0.1, 0.15) is 55.2 Å². The molecule has 0 unspecified atom stereocenters. The summed E-state index contributed by atoms with van der Waals surface area (Å²) >= 11 is 0. The van der Waals surface area contributed by atoms with E-state index in [9.17, 15) is 4.79 Å². The van der Waals surface area contributed by atoms with Gasteiger partial charge in [0.25, 0.3) is 0 Å². The molecule has 2 aromatic rings. The van der Waals surface area contributed by atoms with Crippen molar-refractivity contribution in [2.45, 2.75) is 65.3 Å². The van der Waals surface area contributed by atoms with Crippen LogP contribution in [0.2, 0.25) is 0 Å². The van der Waals surface area contributed by atoms with E-state index in [0.29, 0.717) is 19.0 Å². The number of amides is 1. The first-order chi connectivity index (χ1) is 12.0. The topological polar surface area (TPSA) is 54.0 Å². The average Bonchev–Trinajstić information content (AvgIpc) is 2.59. The molecule has 4 nitrogen and oxygen atoms in total. The number of pyridine rings is 1. The Hall–Kier alpha value is -2.10. The number of hydrogen-bond donors (Lipinski definition) is 2. The van der Waals surface area contributed by atoms with E-state index in [2.05, 4.69) is 49.6 Å². The number of carbonyl (C=O) groups is 1. The molecular weight excluding hydrogens is 310 g/mol. The molecule has 1 aromatic heterocycles. The van der Waals surface area contributed by atoms with Crippen LogP contribution in [-0.4, -0.2) is 23.5 Å². The summed E-state index contributed by atoms with van der Waals surface area (Å²) in [4.78, 5) is 16.9. The predicted octanol–water partition coefficient (Wildman–Crippen LogP) is 4.41. The van der Waals surface area contributed by atoms with Crippen LogP contribution in [0, 0.1) is 20.8 Å². The van der Waals surface area contributed by atoms with Crippen molar-refractivity contribution >= 4 is 22.6 Å². The third kappa shape index (κ3) is 4.30. The average molecular weight is 339 g/mol. The number of anilines is 1. The molecule has 0 bridgehead atoms. The number of nitrogens with one attached hydrogen (secondary N) is 2. The molecule has 25 heavy (non-hydrogen) atoms. The minimum Gasteiger partial charge on any atom is -0.370 e. The number of carbonyl (C=O) groups excluding carboxylic acids is 1. The van der Waals surface area contributed by atoms with Gasteiger partial charge in [-0.05, 0) is 56.4 Å². The van der Waals surface area contributed by atoms with Gasteiger partial charge in [0.15, 0.2) is 0 Å². The van der Waals surface area contributed by atoms with Gasteiger partial charge in [0.2, 0.25) is 5.91 Å². The zero-order valence-electron chi connectivity index (χ0n) is 15.6. The highest BCUT2D eigenvalue weighted by Crippen LogP contribution is 2.25. The van der Waals surface area contributed by atoms with Crippen molar-refractivity contribution in [2.75, 3.05) is 11.9 Å². The van der Waals surface area contributed by atoms with Gasteiger partial charge in [0, 0.05) is 24.4 Å². The molecule has 1 saturated carbocycles. The highest BCUT2D eigenvalue weighted by molar-refractivity contribution is 5.87. The molecule has 1 fully saturated rings. The Morgan fingerprint density at radius 3 is 2.64 bits per heavy atom. The van der Waals surface area contributed by atoms with Gasteiger partial charge in [-0.15, -0.1) is 0 Å². The highest BCUT2D eigenvalue weighted by atomic mass is 16.1. The Morgan fingerprint density at radius 2 is 1.88 bits per heavy atom. The SMILES string of the molecule is Cc1ccc2c(C)cc(NCCC(=O)NC3CCCCC3)nc2c1C. The maximum atomic E-state index is 12.1. The maximum absolute atomic E-state index is 12.1.